The quantitative estimate of drug-likeness (QED) is 0.332. The molecule has 0 fully saturated rings. The van der Waals surface area contributed by atoms with E-state index in [1.165, 1.54) is 25.3 Å². The fraction of sp³-hybridized carbons (Fsp3) is 0.211. The molecule has 8 nitrogen and oxygen atoms in total. The van der Waals surface area contributed by atoms with Gasteiger partial charge in [0.2, 0.25) is 6.79 Å². The molecule has 0 amide bonds. The highest BCUT2D eigenvalue weighted by molar-refractivity contribution is 5.88. The molecule has 3 rings (SSSR count). The predicted octanol–water partition coefficient (Wildman–Crippen LogP) is 3.40. The second-order valence-corrected chi connectivity index (χ2v) is 5.78. The maximum Gasteiger partial charge on any atom is 0.331 e. The maximum atomic E-state index is 12.0. The third-order valence-corrected chi connectivity index (χ3v) is 3.92. The SMILES string of the molecule is COc1ccc(C)cc1COC(=O)/C=C/c1cc2c(cc1[N+](=O)[O-])OCO2. The molecule has 0 radical (unpaired) electrons. The molecule has 0 atom stereocenters. The summed E-state index contributed by atoms with van der Waals surface area (Å²) in [5.41, 5.74) is 1.76. The van der Waals surface area contributed by atoms with E-state index in [1.807, 2.05) is 19.1 Å². The standard InChI is InChI=1S/C19H17NO7/c1-12-3-5-16(24-2)14(7-12)10-25-19(21)6-4-13-8-17-18(27-11-26-17)9-15(13)20(22)23/h3-9H,10-11H2,1-2H3/b6-4+. The van der Waals surface area contributed by atoms with E-state index in [1.54, 1.807) is 6.07 Å². The number of fused-ring (bicyclic) bond motifs is 1. The lowest BCUT2D eigenvalue weighted by Crippen LogP contribution is -2.03. The molecule has 2 aromatic rings. The first-order valence-corrected chi connectivity index (χ1v) is 8.04. The maximum absolute atomic E-state index is 12.0. The van der Waals surface area contributed by atoms with Gasteiger partial charge < -0.3 is 18.9 Å². The number of nitro benzene ring substituents is 1. The highest BCUT2D eigenvalue weighted by Crippen LogP contribution is 2.38. The monoisotopic (exact) mass is 371 g/mol. The van der Waals surface area contributed by atoms with Crippen LogP contribution in [0.25, 0.3) is 6.08 Å². The fourth-order valence-corrected chi connectivity index (χ4v) is 2.61. The molecule has 0 saturated carbocycles. The van der Waals surface area contributed by atoms with E-state index in [4.69, 9.17) is 18.9 Å². The van der Waals surface area contributed by atoms with Crippen LogP contribution in [0.1, 0.15) is 16.7 Å². The Kier molecular flexibility index (Phi) is 5.25. The molecule has 0 unspecified atom stereocenters. The van der Waals surface area contributed by atoms with Crippen LogP contribution in [0, 0.1) is 17.0 Å². The molecule has 8 heteroatoms. The number of carbonyl (C=O) groups excluding carboxylic acids is 1. The van der Waals surface area contributed by atoms with Crippen LogP contribution in [-0.2, 0) is 16.1 Å². The normalized spacial score (nSPS) is 12.2. The van der Waals surface area contributed by atoms with Crippen LogP contribution in [0.2, 0.25) is 0 Å². The largest absolute Gasteiger partial charge is 0.496 e. The van der Waals surface area contributed by atoms with Crippen LogP contribution in [0.4, 0.5) is 5.69 Å². The van der Waals surface area contributed by atoms with Crippen molar-refractivity contribution >= 4 is 17.7 Å². The topological polar surface area (TPSA) is 97.1 Å². The Hall–Kier alpha value is -3.55. The van der Waals surface area contributed by atoms with E-state index in [2.05, 4.69) is 0 Å². The zero-order valence-corrected chi connectivity index (χ0v) is 14.8. The van der Waals surface area contributed by atoms with Gasteiger partial charge in [0.15, 0.2) is 11.5 Å². The van der Waals surface area contributed by atoms with Gasteiger partial charge in [0.1, 0.15) is 12.4 Å². The summed E-state index contributed by atoms with van der Waals surface area (Å²) in [6, 6.07) is 8.27. The Balaban J connectivity index is 1.72. The van der Waals surface area contributed by atoms with Crippen LogP contribution < -0.4 is 14.2 Å². The van der Waals surface area contributed by atoms with E-state index in [-0.39, 0.29) is 24.7 Å². The average Bonchev–Trinajstić information content (AvgIpc) is 3.11. The van der Waals surface area contributed by atoms with Gasteiger partial charge in [0.25, 0.3) is 5.69 Å². The number of nitro groups is 1. The summed E-state index contributed by atoms with van der Waals surface area (Å²) in [5, 5.41) is 11.2. The molecule has 1 aliphatic heterocycles. The molecule has 2 aromatic carbocycles. The Morgan fingerprint density at radius 2 is 2.00 bits per heavy atom. The van der Waals surface area contributed by atoms with E-state index in [9.17, 15) is 14.9 Å². The minimum Gasteiger partial charge on any atom is -0.496 e. The number of hydrogen-bond donors (Lipinski definition) is 0. The van der Waals surface area contributed by atoms with Gasteiger partial charge in [-0.3, -0.25) is 10.1 Å². The number of hydrogen-bond acceptors (Lipinski definition) is 7. The molecule has 140 valence electrons. The Bertz CT molecular complexity index is 921. The number of carbonyl (C=O) groups is 1. The Morgan fingerprint density at radius 3 is 2.70 bits per heavy atom. The summed E-state index contributed by atoms with van der Waals surface area (Å²) in [7, 11) is 1.54. The minimum atomic E-state index is -0.634. The van der Waals surface area contributed by atoms with Crippen molar-refractivity contribution in [1.29, 1.82) is 0 Å². The molecule has 0 bridgehead atoms. The van der Waals surface area contributed by atoms with Crippen molar-refractivity contribution in [2.45, 2.75) is 13.5 Å². The van der Waals surface area contributed by atoms with Crippen molar-refractivity contribution in [1.82, 2.24) is 0 Å². The predicted molar refractivity (Wildman–Crippen MR) is 95.8 cm³/mol. The van der Waals surface area contributed by atoms with Gasteiger partial charge >= 0.3 is 5.97 Å². The number of esters is 1. The van der Waals surface area contributed by atoms with Crippen molar-refractivity contribution in [3.05, 3.63) is 63.2 Å². The summed E-state index contributed by atoms with van der Waals surface area (Å²) in [6.45, 7) is 1.95. The first kappa shape index (κ1) is 18.2. The second kappa shape index (κ2) is 7.77. The number of benzene rings is 2. The summed E-state index contributed by atoms with van der Waals surface area (Å²) < 4.78 is 20.8. The first-order valence-electron chi connectivity index (χ1n) is 8.04. The summed E-state index contributed by atoms with van der Waals surface area (Å²) >= 11 is 0. The van der Waals surface area contributed by atoms with Gasteiger partial charge in [-0.15, -0.1) is 0 Å². The lowest BCUT2D eigenvalue weighted by atomic mass is 10.1. The zero-order valence-electron chi connectivity index (χ0n) is 14.8. The summed E-state index contributed by atoms with van der Waals surface area (Å²) in [5.74, 6) is 0.667. The smallest absolute Gasteiger partial charge is 0.331 e. The van der Waals surface area contributed by atoms with Gasteiger partial charge in [-0.05, 0) is 31.2 Å². The van der Waals surface area contributed by atoms with Crippen molar-refractivity contribution in [2.75, 3.05) is 13.9 Å². The van der Waals surface area contributed by atoms with Gasteiger partial charge in [0.05, 0.1) is 23.7 Å². The van der Waals surface area contributed by atoms with Crippen LogP contribution in [-0.4, -0.2) is 24.8 Å². The summed E-state index contributed by atoms with van der Waals surface area (Å²) in [4.78, 5) is 22.7. The number of ether oxygens (including phenoxy) is 4. The Labute approximate surface area is 155 Å². The molecule has 0 spiro atoms. The van der Waals surface area contributed by atoms with Gasteiger partial charge in [0, 0.05) is 11.6 Å². The first-order chi connectivity index (χ1) is 13.0. The molecular weight excluding hydrogens is 354 g/mol. The molecule has 0 saturated heterocycles. The molecule has 27 heavy (non-hydrogen) atoms. The van der Waals surface area contributed by atoms with Crippen LogP contribution in [0.5, 0.6) is 17.2 Å². The number of nitrogens with zero attached hydrogens (tertiary/aromatic N) is 1. The van der Waals surface area contributed by atoms with Crippen LogP contribution in [0.15, 0.2) is 36.4 Å². The molecule has 0 N–H and O–H groups in total. The lowest BCUT2D eigenvalue weighted by molar-refractivity contribution is -0.385. The van der Waals surface area contributed by atoms with E-state index < -0.39 is 10.9 Å². The lowest BCUT2D eigenvalue weighted by Gasteiger charge is -2.09. The average molecular weight is 371 g/mol. The highest BCUT2D eigenvalue weighted by Gasteiger charge is 2.22. The number of rotatable bonds is 6. The van der Waals surface area contributed by atoms with E-state index in [0.717, 1.165) is 17.2 Å². The fourth-order valence-electron chi connectivity index (χ4n) is 2.61. The number of aryl methyl sites for hydroxylation is 1. The molecular formula is C19H17NO7. The van der Waals surface area contributed by atoms with Crippen molar-refractivity contribution in [3.63, 3.8) is 0 Å². The van der Waals surface area contributed by atoms with Gasteiger partial charge in [-0.25, -0.2) is 4.79 Å². The van der Waals surface area contributed by atoms with E-state index >= 15 is 0 Å². The van der Waals surface area contributed by atoms with Gasteiger partial charge in [-0.2, -0.15) is 0 Å². The van der Waals surface area contributed by atoms with Crippen LogP contribution in [0.3, 0.4) is 0 Å². The second-order valence-electron chi connectivity index (χ2n) is 5.78. The van der Waals surface area contributed by atoms with Gasteiger partial charge in [-0.1, -0.05) is 11.6 Å². The van der Waals surface area contributed by atoms with Crippen molar-refractivity contribution in [2.24, 2.45) is 0 Å². The van der Waals surface area contributed by atoms with Crippen LogP contribution >= 0.6 is 0 Å². The van der Waals surface area contributed by atoms with E-state index in [0.29, 0.717) is 17.2 Å². The zero-order chi connectivity index (χ0) is 19.4. The molecule has 0 aliphatic carbocycles. The molecule has 0 aromatic heterocycles. The summed E-state index contributed by atoms with van der Waals surface area (Å²) in [6.07, 6.45) is 2.45. The minimum absolute atomic E-state index is 0.0000220. The molecule has 1 heterocycles. The third-order valence-electron chi connectivity index (χ3n) is 3.92. The third kappa shape index (κ3) is 4.17. The number of methoxy groups -OCH3 is 1. The van der Waals surface area contributed by atoms with Crippen molar-refractivity contribution in [3.8, 4) is 17.2 Å². The van der Waals surface area contributed by atoms with Crippen molar-refractivity contribution < 1.29 is 28.7 Å². The Morgan fingerprint density at radius 1 is 1.26 bits per heavy atom. The highest BCUT2D eigenvalue weighted by atomic mass is 16.7. The molecule has 1 aliphatic rings.